The molecule has 1 aromatic rings. The first-order chi connectivity index (χ1) is 11.9. The van der Waals surface area contributed by atoms with Crippen molar-refractivity contribution in [2.45, 2.75) is 52.3 Å². The number of nitro groups is 1. The Morgan fingerprint density at radius 1 is 1.19 bits per heavy atom. The number of benzene rings is 1. The third-order valence-electron chi connectivity index (χ3n) is 4.05. The molecule has 0 aromatic heterocycles. The minimum absolute atomic E-state index is 0.176. The van der Waals surface area contributed by atoms with E-state index in [2.05, 4.69) is 0 Å². The van der Waals surface area contributed by atoms with E-state index < -0.39 is 33.9 Å². The van der Waals surface area contributed by atoms with E-state index in [4.69, 9.17) is 4.74 Å². The summed E-state index contributed by atoms with van der Waals surface area (Å²) in [6.07, 6.45) is -0.484. The molecule has 144 valence electrons. The molecule has 1 amide bonds. The van der Waals surface area contributed by atoms with Gasteiger partial charge in [-0.15, -0.1) is 0 Å². The van der Waals surface area contributed by atoms with Crippen molar-refractivity contribution in [2.75, 3.05) is 18.0 Å². The number of ether oxygens (including phenoxy) is 1. The maximum Gasteiger partial charge on any atom is 0.410 e. The molecule has 2 atom stereocenters. The summed E-state index contributed by atoms with van der Waals surface area (Å²) in [4.78, 5) is 25.3. The number of carbonyl (C=O) groups excluding carboxylic acids is 1. The lowest BCUT2D eigenvalue weighted by Gasteiger charge is -2.45. The van der Waals surface area contributed by atoms with Crippen LogP contribution in [-0.4, -0.2) is 46.7 Å². The van der Waals surface area contributed by atoms with Gasteiger partial charge in [-0.25, -0.2) is 13.6 Å². The molecule has 0 spiro atoms. The highest BCUT2D eigenvalue weighted by Gasteiger charge is 2.37. The second-order valence-corrected chi connectivity index (χ2v) is 7.51. The number of hydrogen-bond acceptors (Lipinski definition) is 5. The predicted octanol–water partition coefficient (Wildman–Crippen LogP) is 3.71. The number of anilines is 1. The van der Waals surface area contributed by atoms with E-state index in [1.54, 1.807) is 39.5 Å². The Kier molecular flexibility index (Phi) is 5.39. The van der Waals surface area contributed by atoms with Crippen LogP contribution in [0.2, 0.25) is 0 Å². The average Bonchev–Trinajstić information content (AvgIpc) is 2.43. The van der Waals surface area contributed by atoms with Crippen LogP contribution < -0.4 is 4.90 Å². The number of hydrogen-bond donors (Lipinski definition) is 0. The van der Waals surface area contributed by atoms with Crippen molar-refractivity contribution in [1.29, 1.82) is 0 Å². The fourth-order valence-electron chi connectivity index (χ4n) is 3.14. The molecule has 1 aliphatic heterocycles. The van der Waals surface area contributed by atoms with Crippen LogP contribution in [0.15, 0.2) is 12.1 Å². The number of carbonyl (C=O) groups is 1. The standard InChI is InChI=1S/C17H23F2N3O4/c1-10-8-20(9-11(2)21(10)16(23)26-17(3,4)5)15-13(18)6-12(22(24)25)7-14(15)19/h6-7,10-11H,8-9H2,1-5H3/t10-,11-/m0/s1. The normalized spacial score (nSPS) is 20.9. The Hall–Kier alpha value is -2.45. The lowest BCUT2D eigenvalue weighted by atomic mass is 10.1. The summed E-state index contributed by atoms with van der Waals surface area (Å²) in [6, 6.07) is 0.687. The van der Waals surface area contributed by atoms with E-state index in [1.807, 2.05) is 0 Å². The Bertz CT molecular complexity index is 685. The Balaban J connectivity index is 2.24. The van der Waals surface area contributed by atoms with Crippen LogP contribution in [0.1, 0.15) is 34.6 Å². The van der Waals surface area contributed by atoms with Crippen LogP contribution in [0.4, 0.5) is 25.0 Å². The highest BCUT2D eigenvalue weighted by Crippen LogP contribution is 2.31. The Morgan fingerprint density at radius 2 is 1.65 bits per heavy atom. The van der Waals surface area contributed by atoms with Crippen LogP contribution in [-0.2, 0) is 4.74 Å². The van der Waals surface area contributed by atoms with Crippen LogP contribution in [0, 0.1) is 21.7 Å². The second-order valence-electron chi connectivity index (χ2n) is 7.51. The second kappa shape index (κ2) is 7.05. The molecule has 0 unspecified atom stereocenters. The summed E-state index contributed by atoms with van der Waals surface area (Å²) >= 11 is 0. The zero-order chi connectivity index (χ0) is 19.8. The Labute approximate surface area is 150 Å². The molecule has 26 heavy (non-hydrogen) atoms. The number of nitrogens with zero attached hydrogens (tertiary/aromatic N) is 3. The van der Waals surface area contributed by atoms with Gasteiger partial charge in [-0.3, -0.25) is 15.0 Å². The zero-order valence-corrected chi connectivity index (χ0v) is 15.5. The molecule has 1 heterocycles. The van der Waals surface area contributed by atoms with Crippen LogP contribution in [0.3, 0.4) is 0 Å². The monoisotopic (exact) mass is 371 g/mol. The molecule has 0 saturated carbocycles. The van der Waals surface area contributed by atoms with Crippen molar-refractivity contribution in [3.8, 4) is 0 Å². The SMILES string of the molecule is C[C@H]1CN(c2c(F)cc([N+](=O)[O-])cc2F)C[C@H](C)N1C(=O)OC(C)(C)C. The molecule has 9 heteroatoms. The highest BCUT2D eigenvalue weighted by atomic mass is 19.1. The molecule has 0 bridgehead atoms. The average molecular weight is 371 g/mol. The molecule has 1 fully saturated rings. The zero-order valence-electron chi connectivity index (χ0n) is 15.5. The van der Waals surface area contributed by atoms with Gasteiger partial charge in [0, 0.05) is 13.1 Å². The van der Waals surface area contributed by atoms with Crippen LogP contribution in [0.5, 0.6) is 0 Å². The molecular weight excluding hydrogens is 348 g/mol. The van der Waals surface area contributed by atoms with Gasteiger partial charge < -0.3 is 9.64 Å². The molecular formula is C17H23F2N3O4. The third kappa shape index (κ3) is 4.20. The summed E-state index contributed by atoms with van der Waals surface area (Å²) in [7, 11) is 0. The maximum atomic E-state index is 14.3. The summed E-state index contributed by atoms with van der Waals surface area (Å²) in [5.74, 6) is -2.00. The number of halogens is 2. The van der Waals surface area contributed by atoms with E-state index in [9.17, 15) is 23.7 Å². The lowest BCUT2D eigenvalue weighted by Crippen LogP contribution is -2.59. The van der Waals surface area contributed by atoms with E-state index in [0.717, 1.165) is 0 Å². The van der Waals surface area contributed by atoms with Crippen molar-refractivity contribution >= 4 is 17.5 Å². The first kappa shape index (κ1) is 19.9. The molecule has 0 N–H and O–H groups in total. The fraction of sp³-hybridized carbons (Fsp3) is 0.588. The highest BCUT2D eigenvalue weighted by molar-refractivity contribution is 5.70. The van der Waals surface area contributed by atoms with Crippen LogP contribution >= 0.6 is 0 Å². The minimum Gasteiger partial charge on any atom is -0.444 e. The van der Waals surface area contributed by atoms with Gasteiger partial charge in [-0.05, 0) is 34.6 Å². The molecule has 0 aliphatic carbocycles. The fourth-order valence-corrected chi connectivity index (χ4v) is 3.14. The quantitative estimate of drug-likeness (QED) is 0.585. The molecule has 1 aliphatic rings. The lowest BCUT2D eigenvalue weighted by molar-refractivity contribution is -0.385. The van der Waals surface area contributed by atoms with Crippen molar-refractivity contribution in [3.63, 3.8) is 0 Å². The summed E-state index contributed by atoms with van der Waals surface area (Å²) in [5, 5.41) is 10.7. The van der Waals surface area contributed by atoms with Gasteiger partial charge in [0.25, 0.3) is 5.69 Å². The molecule has 7 nitrogen and oxygen atoms in total. The third-order valence-corrected chi connectivity index (χ3v) is 4.05. The number of nitro benzene ring substituents is 1. The summed E-state index contributed by atoms with van der Waals surface area (Å²) in [6.45, 7) is 9.15. The first-order valence-corrected chi connectivity index (χ1v) is 8.30. The first-order valence-electron chi connectivity index (χ1n) is 8.30. The number of rotatable bonds is 2. The van der Waals surface area contributed by atoms with Gasteiger partial charge in [-0.1, -0.05) is 0 Å². The minimum atomic E-state index is -0.998. The molecule has 2 rings (SSSR count). The number of non-ortho nitro benzene ring substituents is 1. The van der Waals surface area contributed by atoms with Crippen molar-refractivity contribution in [3.05, 3.63) is 33.9 Å². The van der Waals surface area contributed by atoms with E-state index >= 15 is 0 Å². The van der Waals surface area contributed by atoms with E-state index in [1.165, 1.54) is 4.90 Å². The van der Waals surface area contributed by atoms with Gasteiger partial charge in [0.2, 0.25) is 0 Å². The van der Waals surface area contributed by atoms with E-state index in [0.29, 0.717) is 12.1 Å². The van der Waals surface area contributed by atoms with E-state index in [-0.39, 0.29) is 30.9 Å². The summed E-state index contributed by atoms with van der Waals surface area (Å²) in [5.41, 5.74) is -1.61. The van der Waals surface area contributed by atoms with Gasteiger partial charge in [0.15, 0.2) is 11.6 Å². The summed E-state index contributed by atoms with van der Waals surface area (Å²) < 4.78 is 34.0. The van der Waals surface area contributed by atoms with Crippen LogP contribution in [0.25, 0.3) is 0 Å². The van der Waals surface area contributed by atoms with Crippen molar-refractivity contribution in [2.24, 2.45) is 0 Å². The van der Waals surface area contributed by atoms with Gasteiger partial charge in [0.05, 0.1) is 29.1 Å². The number of amides is 1. The van der Waals surface area contributed by atoms with Crippen molar-refractivity contribution < 1.29 is 23.2 Å². The van der Waals surface area contributed by atoms with Gasteiger partial charge in [-0.2, -0.15) is 0 Å². The largest absolute Gasteiger partial charge is 0.444 e. The maximum absolute atomic E-state index is 14.3. The van der Waals surface area contributed by atoms with Gasteiger partial charge in [0.1, 0.15) is 11.3 Å². The molecule has 1 aromatic carbocycles. The predicted molar refractivity (Wildman–Crippen MR) is 92.2 cm³/mol. The molecule has 1 saturated heterocycles. The molecule has 0 radical (unpaired) electrons. The smallest absolute Gasteiger partial charge is 0.410 e. The topological polar surface area (TPSA) is 75.9 Å². The van der Waals surface area contributed by atoms with Crippen molar-refractivity contribution in [1.82, 2.24) is 4.90 Å². The number of piperazine rings is 1. The Morgan fingerprint density at radius 3 is 2.04 bits per heavy atom. The van der Waals surface area contributed by atoms with Gasteiger partial charge >= 0.3 is 6.09 Å².